The Balaban J connectivity index is 1.79. The third-order valence-electron chi connectivity index (χ3n) is 7.10. The normalized spacial score (nSPS) is 11.8. The molecular formula is C34H35BrClN3O5S. The van der Waals surface area contributed by atoms with Crippen LogP contribution in [0.2, 0.25) is 5.02 Å². The molecule has 0 fully saturated rings. The van der Waals surface area contributed by atoms with Crippen molar-refractivity contribution < 1.29 is 22.7 Å². The molecule has 2 amide bonds. The summed E-state index contributed by atoms with van der Waals surface area (Å²) in [6.45, 7) is 1.90. The smallest absolute Gasteiger partial charge is 0.264 e. The summed E-state index contributed by atoms with van der Waals surface area (Å²) < 4.78 is 35.3. The van der Waals surface area contributed by atoms with E-state index in [1.807, 2.05) is 61.5 Å². The van der Waals surface area contributed by atoms with E-state index in [2.05, 4.69) is 21.2 Å². The first kappa shape index (κ1) is 34.0. The number of anilines is 1. The number of hydrogen-bond donors (Lipinski definition) is 1. The zero-order valence-corrected chi connectivity index (χ0v) is 28.2. The number of carbonyl (C=O) groups is 2. The lowest BCUT2D eigenvalue weighted by atomic mass is 10.0. The van der Waals surface area contributed by atoms with Crippen molar-refractivity contribution in [1.29, 1.82) is 0 Å². The number of nitrogens with zero attached hydrogens (tertiary/aromatic N) is 2. The average Bonchev–Trinajstić information content (AvgIpc) is 3.05. The zero-order chi connectivity index (χ0) is 32.4. The third kappa shape index (κ3) is 9.09. The number of ether oxygens (including phenoxy) is 1. The van der Waals surface area contributed by atoms with Gasteiger partial charge in [0.1, 0.15) is 18.3 Å². The Labute approximate surface area is 278 Å². The van der Waals surface area contributed by atoms with Crippen molar-refractivity contribution in [2.75, 3.05) is 24.5 Å². The Morgan fingerprint density at radius 3 is 2.20 bits per heavy atom. The van der Waals surface area contributed by atoms with Crippen LogP contribution in [-0.2, 0) is 32.6 Å². The van der Waals surface area contributed by atoms with E-state index in [1.165, 1.54) is 24.1 Å². The molecule has 1 unspecified atom stereocenters. The summed E-state index contributed by atoms with van der Waals surface area (Å²) in [6, 6.07) is 28.1. The highest BCUT2D eigenvalue weighted by Crippen LogP contribution is 2.27. The zero-order valence-electron chi connectivity index (χ0n) is 25.0. The molecule has 0 saturated carbocycles. The van der Waals surface area contributed by atoms with Gasteiger partial charge in [0.25, 0.3) is 10.0 Å². The van der Waals surface area contributed by atoms with Gasteiger partial charge in [-0.05, 0) is 78.2 Å². The molecular weight excluding hydrogens is 678 g/mol. The van der Waals surface area contributed by atoms with Crippen LogP contribution < -0.4 is 14.4 Å². The predicted molar refractivity (Wildman–Crippen MR) is 181 cm³/mol. The first-order chi connectivity index (χ1) is 21.6. The molecule has 8 nitrogen and oxygen atoms in total. The topological polar surface area (TPSA) is 96.0 Å². The van der Waals surface area contributed by atoms with Gasteiger partial charge in [0.05, 0.1) is 17.7 Å². The Bertz CT molecular complexity index is 1690. The lowest BCUT2D eigenvalue weighted by molar-refractivity contribution is -0.140. The predicted octanol–water partition coefficient (Wildman–Crippen LogP) is 6.47. The first-order valence-electron chi connectivity index (χ1n) is 14.4. The summed E-state index contributed by atoms with van der Waals surface area (Å²) in [6.07, 6.45) is 0.954. The van der Waals surface area contributed by atoms with Crippen LogP contribution >= 0.6 is 27.5 Å². The maximum Gasteiger partial charge on any atom is 0.264 e. The Kier molecular flexibility index (Phi) is 12.0. The highest BCUT2D eigenvalue weighted by Gasteiger charge is 2.34. The SMILES string of the molecule is CCCNC(=O)C(Cc1ccccc1)N(Cc1cccc(Br)c1)C(=O)CN(c1ccc(Cl)cc1)S(=O)(=O)c1ccc(OC)cc1. The number of hydrogen-bond acceptors (Lipinski definition) is 5. The van der Waals surface area contributed by atoms with Gasteiger partial charge in [0.2, 0.25) is 11.8 Å². The molecule has 4 rings (SSSR count). The Hall–Kier alpha value is -3.86. The van der Waals surface area contributed by atoms with Crippen molar-refractivity contribution in [2.24, 2.45) is 0 Å². The van der Waals surface area contributed by atoms with Crippen LogP contribution in [0.4, 0.5) is 5.69 Å². The van der Waals surface area contributed by atoms with E-state index in [9.17, 15) is 18.0 Å². The van der Waals surface area contributed by atoms with Crippen LogP contribution in [0.5, 0.6) is 5.75 Å². The number of carbonyl (C=O) groups excluding carboxylic acids is 2. The van der Waals surface area contributed by atoms with E-state index in [4.69, 9.17) is 16.3 Å². The van der Waals surface area contributed by atoms with Crippen LogP contribution in [0.1, 0.15) is 24.5 Å². The fourth-order valence-electron chi connectivity index (χ4n) is 4.76. The van der Waals surface area contributed by atoms with Crippen LogP contribution in [0, 0.1) is 0 Å². The van der Waals surface area contributed by atoms with E-state index >= 15 is 0 Å². The van der Waals surface area contributed by atoms with Gasteiger partial charge in [-0.1, -0.05) is 76.9 Å². The maximum atomic E-state index is 14.5. The van der Waals surface area contributed by atoms with E-state index in [-0.39, 0.29) is 29.5 Å². The quantitative estimate of drug-likeness (QED) is 0.162. The van der Waals surface area contributed by atoms with Gasteiger partial charge < -0.3 is 15.0 Å². The number of methoxy groups -OCH3 is 1. The van der Waals surface area contributed by atoms with E-state index in [0.717, 1.165) is 19.9 Å². The van der Waals surface area contributed by atoms with Crippen LogP contribution in [0.3, 0.4) is 0 Å². The second kappa shape index (κ2) is 15.9. The van der Waals surface area contributed by atoms with Gasteiger partial charge >= 0.3 is 0 Å². The lowest BCUT2D eigenvalue weighted by Gasteiger charge is -2.34. The number of amides is 2. The van der Waals surface area contributed by atoms with Gasteiger partial charge in [-0.15, -0.1) is 0 Å². The summed E-state index contributed by atoms with van der Waals surface area (Å²) in [5.41, 5.74) is 1.89. The summed E-state index contributed by atoms with van der Waals surface area (Å²) in [7, 11) is -2.75. The van der Waals surface area contributed by atoms with Crippen molar-refractivity contribution in [3.63, 3.8) is 0 Å². The van der Waals surface area contributed by atoms with Crippen molar-refractivity contribution in [2.45, 2.75) is 37.2 Å². The van der Waals surface area contributed by atoms with Gasteiger partial charge in [0, 0.05) is 29.0 Å². The highest BCUT2D eigenvalue weighted by molar-refractivity contribution is 9.10. The van der Waals surface area contributed by atoms with Crippen LogP contribution in [-0.4, -0.2) is 51.4 Å². The standard InChI is InChI=1S/C34H35BrClN3O5S/c1-3-20-37-34(41)32(22-25-8-5-4-6-9-25)38(23-26-10-7-11-27(35)21-26)33(40)24-39(29-14-12-28(36)13-15-29)45(42,43)31-18-16-30(44-2)17-19-31/h4-19,21,32H,3,20,22-24H2,1-2H3,(H,37,41). The molecule has 0 aliphatic rings. The molecule has 11 heteroatoms. The van der Waals surface area contributed by atoms with Crippen LogP contribution in [0.25, 0.3) is 0 Å². The molecule has 4 aromatic rings. The minimum atomic E-state index is -4.24. The van der Waals surface area contributed by atoms with E-state index in [0.29, 0.717) is 23.7 Å². The summed E-state index contributed by atoms with van der Waals surface area (Å²) in [4.78, 5) is 29.6. The molecule has 0 aliphatic carbocycles. The second-order valence-corrected chi connectivity index (χ2v) is 13.5. The van der Waals surface area contributed by atoms with Crippen molar-refractivity contribution in [3.8, 4) is 5.75 Å². The van der Waals surface area contributed by atoms with Crippen molar-refractivity contribution in [1.82, 2.24) is 10.2 Å². The Morgan fingerprint density at radius 1 is 0.911 bits per heavy atom. The van der Waals surface area contributed by atoms with Crippen molar-refractivity contribution >= 4 is 55.1 Å². The van der Waals surface area contributed by atoms with Crippen molar-refractivity contribution in [3.05, 3.63) is 124 Å². The number of sulfonamides is 1. The second-order valence-electron chi connectivity index (χ2n) is 10.3. The fourth-order valence-corrected chi connectivity index (χ4v) is 6.75. The first-order valence-corrected chi connectivity index (χ1v) is 17.0. The van der Waals surface area contributed by atoms with Crippen LogP contribution in [0.15, 0.2) is 112 Å². The summed E-state index contributed by atoms with van der Waals surface area (Å²) >= 11 is 9.62. The van der Waals surface area contributed by atoms with Gasteiger partial charge in [-0.25, -0.2) is 8.42 Å². The van der Waals surface area contributed by atoms with Gasteiger partial charge in [-0.3, -0.25) is 13.9 Å². The number of nitrogens with one attached hydrogen (secondary N) is 1. The van der Waals surface area contributed by atoms with E-state index < -0.39 is 28.5 Å². The minimum absolute atomic E-state index is 0.0221. The molecule has 0 bridgehead atoms. The molecule has 4 aromatic carbocycles. The third-order valence-corrected chi connectivity index (χ3v) is 9.64. The lowest BCUT2D eigenvalue weighted by Crippen LogP contribution is -2.53. The Morgan fingerprint density at radius 2 is 1.58 bits per heavy atom. The summed E-state index contributed by atoms with van der Waals surface area (Å²) in [5, 5.41) is 3.36. The van der Waals surface area contributed by atoms with Gasteiger partial charge in [-0.2, -0.15) is 0 Å². The monoisotopic (exact) mass is 711 g/mol. The minimum Gasteiger partial charge on any atom is -0.497 e. The molecule has 0 spiro atoms. The molecule has 0 radical (unpaired) electrons. The maximum absolute atomic E-state index is 14.5. The number of benzene rings is 4. The number of halogens is 2. The largest absolute Gasteiger partial charge is 0.497 e. The number of rotatable bonds is 14. The molecule has 45 heavy (non-hydrogen) atoms. The molecule has 0 aliphatic heterocycles. The molecule has 1 atom stereocenters. The molecule has 1 N–H and O–H groups in total. The fraction of sp³-hybridized carbons (Fsp3) is 0.235. The molecule has 236 valence electrons. The molecule has 0 aromatic heterocycles. The highest BCUT2D eigenvalue weighted by atomic mass is 79.9. The van der Waals surface area contributed by atoms with Gasteiger partial charge in [0.15, 0.2) is 0 Å². The molecule has 0 saturated heterocycles. The van der Waals surface area contributed by atoms with E-state index in [1.54, 1.807) is 36.4 Å². The average molecular weight is 713 g/mol. The molecule has 0 heterocycles. The summed E-state index contributed by atoms with van der Waals surface area (Å²) in [5.74, 6) is -0.375.